The number of amides is 3. The molecule has 10 heteroatoms. The summed E-state index contributed by atoms with van der Waals surface area (Å²) in [4.78, 5) is 40.2. The number of hydrogen-bond donors (Lipinski definition) is 5. The molecule has 0 bridgehead atoms. The predicted octanol–water partition coefficient (Wildman–Crippen LogP) is 2.30. The van der Waals surface area contributed by atoms with E-state index in [1.165, 1.54) is 0 Å². The van der Waals surface area contributed by atoms with Crippen molar-refractivity contribution in [3.05, 3.63) is 29.3 Å². The standard InChI is InChI=1S/C23H37N3O6S/c1-14-9-8-10-15(18(14)28)17(19(29)25-22(2,3)4)26(11-12-27)20(30)16(13-33)24-21(31)32-23(5,6)7/h8-10,16-17,27-28,33H,11-13H2,1-7H3,(H,24,31)(H,25,29). The minimum Gasteiger partial charge on any atom is -0.507 e. The highest BCUT2D eigenvalue weighted by Gasteiger charge is 2.38. The lowest BCUT2D eigenvalue weighted by Crippen LogP contribution is -2.55. The van der Waals surface area contributed by atoms with Gasteiger partial charge in [-0.1, -0.05) is 18.2 Å². The molecule has 9 nitrogen and oxygen atoms in total. The Morgan fingerprint density at radius 1 is 1.15 bits per heavy atom. The van der Waals surface area contributed by atoms with Gasteiger partial charge in [0.15, 0.2) is 0 Å². The largest absolute Gasteiger partial charge is 0.507 e. The zero-order valence-corrected chi connectivity index (χ0v) is 21.3. The minimum atomic E-state index is -1.26. The summed E-state index contributed by atoms with van der Waals surface area (Å²) in [5.41, 5.74) is -0.675. The molecule has 0 aliphatic rings. The molecule has 0 saturated heterocycles. The molecule has 0 fully saturated rings. The lowest BCUT2D eigenvalue weighted by Gasteiger charge is -2.35. The third kappa shape index (κ3) is 8.77. The predicted molar refractivity (Wildman–Crippen MR) is 129 cm³/mol. The zero-order valence-electron chi connectivity index (χ0n) is 20.4. The van der Waals surface area contributed by atoms with Crippen molar-refractivity contribution in [3.8, 4) is 5.75 Å². The van der Waals surface area contributed by atoms with E-state index in [0.717, 1.165) is 4.90 Å². The van der Waals surface area contributed by atoms with Crippen molar-refractivity contribution in [3.63, 3.8) is 0 Å². The molecule has 0 radical (unpaired) electrons. The Morgan fingerprint density at radius 2 is 1.76 bits per heavy atom. The van der Waals surface area contributed by atoms with Gasteiger partial charge < -0.3 is 30.5 Å². The number of para-hydroxylation sites is 1. The summed E-state index contributed by atoms with van der Waals surface area (Å²) >= 11 is 4.19. The maximum atomic E-state index is 13.5. The second kappa shape index (κ2) is 11.6. The lowest BCUT2D eigenvalue weighted by molar-refractivity contribution is -0.143. The van der Waals surface area contributed by atoms with E-state index >= 15 is 0 Å². The van der Waals surface area contributed by atoms with Crippen LogP contribution in [0.4, 0.5) is 4.79 Å². The van der Waals surface area contributed by atoms with Gasteiger partial charge in [0.2, 0.25) is 11.8 Å². The first-order chi connectivity index (χ1) is 15.1. The Bertz CT molecular complexity index is 848. The van der Waals surface area contributed by atoms with Crippen molar-refractivity contribution >= 4 is 30.5 Å². The molecule has 2 unspecified atom stereocenters. The topological polar surface area (TPSA) is 128 Å². The van der Waals surface area contributed by atoms with Crippen molar-refractivity contribution in [2.24, 2.45) is 0 Å². The summed E-state index contributed by atoms with van der Waals surface area (Å²) in [6.45, 7) is 11.5. The van der Waals surface area contributed by atoms with Gasteiger partial charge in [-0.15, -0.1) is 0 Å². The molecule has 4 N–H and O–H groups in total. The lowest BCUT2D eigenvalue weighted by atomic mass is 9.98. The molecule has 3 amide bonds. The molecule has 0 heterocycles. The van der Waals surface area contributed by atoms with E-state index < -0.39 is 47.7 Å². The van der Waals surface area contributed by atoms with Gasteiger partial charge in [0.05, 0.1) is 6.61 Å². The summed E-state index contributed by atoms with van der Waals surface area (Å²) in [5, 5.41) is 25.7. The van der Waals surface area contributed by atoms with E-state index in [1.807, 2.05) is 0 Å². The number of aliphatic hydroxyl groups is 1. The Balaban J connectivity index is 3.45. The summed E-state index contributed by atoms with van der Waals surface area (Å²) in [7, 11) is 0. The van der Waals surface area contributed by atoms with Crippen LogP contribution in [-0.4, -0.2) is 69.1 Å². The second-order valence-electron chi connectivity index (χ2n) is 9.79. The fraction of sp³-hybridized carbons (Fsp3) is 0.609. The van der Waals surface area contributed by atoms with Crippen LogP contribution in [0.1, 0.15) is 58.7 Å². The van der Waals surface area contributed by atoms with Gasteiger partial charge in [0.25, 0.3) is 0 Å². The van der Waals surface area contributed by atoms with E-state index in [2.05, 4.69) is 23.3 Å². The Labute approximate surface area is 201 Å². The third-order valence-electron chi connectivity index (χ3n) is 4.42. The first kappa shape index (κ1) is 28.6. The highest BCUT2D eigenvalue weighted by Crippen LogP contribution is 2.32. The number of hydrogen-bond acceptors (Lipinski definition) is 7. The number of carbonyl (C=O) groups is 3. The Morgan fingerprint density at radius 3 is 2.24 bits per heavy atom. The van der Waals surface area contributed by atoms with Crippen molar-refractivity contribution in [1.29, 1.82) is 0 Å². The van der Waals surface area contributed by atoms with E-state index in [4.69, 9.17) is 4.74 Å². The highest BCUT2D eigenvalue weighted by atomic mass is 32.1. The van der Waals surface area contributed by atoms with Gasteiger partial charge in [0.1, 0.15) is 23.4 Å². The fourth-order valence-corrected chi connectivity index (χ4v) is 3.35. The van der Waals surface area contributed by atoms with Crippen molar-refractivity contribution in [2.45, 2.75) is 71.7 Å². The number of thiol groups is 1. The number of ether oxygens (including phenoxy) is 1. The number of phenols is 1. The van der Waals surface area contributed by atoms with Crippen molar-refractivity contribution in [2.75, 3.05) is 18.9 Å². The van der Waals surface area contributed by atoms with Crippen LogP contribution in [0, 0.1) is 6.92 Å². The number of aromatic hydroxyl groups is 1. The minimum absolute atomic E-state index is 0.0760. The zero-order chi connectivity index (χ0) is 25.6. The van der Waals surface area contributed by atoms with E-state index in [-0.39, 0.29) is 23.6 Å². The van der Waals surface area contributed by atoms with Crippen LogP contribution in [0.15, 0.2) is 18.2 Å². The van der Waals surface area contributed by atoms with Crippen LogP contribution < -0.4 is 10.6 Å². The van der Waals surface area contributed by atoms with Gasteiger partial charge in [-0.2, -0.15) is 12.6 Å². The van der Waals surface area contributed by atoms with Gasteiger partial charge in [-0.3, -0.25) is 9.59 Å². The van der Waals surface area contributed by atoms with Gasteiger partial charge in [-0.05, 0) is 54.0 Å². The van der Waals surface area contributed by atoms with Crippen LogP contribution in [-0.2, 0) is 14.3 Å². The molecule has 1 rings (SSSR count). The van der Waals surface area contributed by atoms with Gasteiger partial charge >= 0.3 is 6.09 Å². The first-order valence-electron chi connectivity index (χ1n) is 10.7. The number of rotatable bonds is 8. The molecule has 0 aliphatic carbocycles. The Hall–Kier alpha value is -2.46. The molecular weight excluding hydrogens is 446 g/mol. The summed E-state index contributed by atoms with van der Waals surface area (Å²) < 4.78 is 5.23. The summed E-state index contributed by atoms with van der Waals surface area (Å²) in [6, 6.07) is 2.50. The SMILES string of the molecule is Cc1cccc(C(C(=O)NC(C)(C)C)N(CCO)C(=O)C(CS)NC(=O)OC(C)(C)C)c1O. The molecular formula is C23H37N3O6S. The van der Waals surface area contributed by atoms with Crippen LogP contribution in [0.2, 0.25) is 0 Å². The second-order valence-corrected chi connectivity index (χ2v) is 10.2. The van der Waals surface area contributed by atoms with E-state index in [9.17, 15) is 24.6 Å². The molecule has 186 valence electrons. The molecule has 1 aromatic carbocycles. The van der Waals surface area contributed by atoms with E-state index in [1.54, 1.807) is 66.7 Å². The van der Waals surface area contributed by atoms with Gasteiger partial charge in [0, 0.05) is 23.4 Å². The normalized spacial score (nSPS) is 13.6. The van der Waals surface area contributed by atoms with Crippen LogP contribution in [0.5, 0.6) is 5.75 Å². The van der Waals surface area contributed by atoms with Gasteiger partial charge in [-0.25, -0.2) is 4.79 Å². The number of nitrogens with zero attached hydrogens (tertiary/aromatic N) is 1. The molecule has 0 aliphatic heterocycles. The molecule has 0 saturated carbocycles. The Kier molecular flexibility index (Phi) is 10.0. The van der Waals surface area contributed by atoms with Crippen molar-refractivity contribution < 1.29 is 29.3 Å². The van der Waals surface area contributed by atoms with Crippen molar-refractivity contribution in [1.82, 2.24) is 15.5 Å². The number of phenolic OH excluding ortho intramolecular Hbond substituents is 1. The molecule has 1 aromatic rings. The molecule has 0 aromatic heterocycles. The fourth-order valence-electron chi connectivity index (χ4n) is 3.10. The number of carbonyl (C=O) groups excluding carboxylic acids is 3. The average Bonchev–Trinajstić information content (AvgIpc) is 2.65. The number of aryl methyl sites for hydroxylation is 1. The van der Waals surface area contributed by atoms with E-state index in [0.29, 0.717) is 5.56 Å². The maximum absolute atomic E-state index is 13.5. The monoisotopic (exact) mass is 483 g/mol. The average molecular weight is 484 g/mol. The number of aliphatic hydroxyl groups excluding tert-OH is 1. The quantitative estimate of drug-likeness (QED) is 0.361. The summed E-state index contributed by atoms with van der Waals surface area (Å²) in [6.07, 6.45) is -0.812. The number of nitrogens with one attached hydrogen (secondary N) is 2. The molecule has 0 spiro atoms. The van der Waals surface area contributed by atoms with Crippen LogP contribution in [0.25, 0.3) is 0 Å². The van der Waals surface area contributed by atoms with Crippen LogP contribution >= 0.6 is 12.6 Å². The summed E-state index contributed by atoms with van der Waals surface area (Å²) in [5.74, 6) is -1.40. The first-order valence-corrected chi connectivity index (χ1v) is 11.4. The smallest absolute Gasteiger partial charge is 0.408 e. The molecule has 2 atom stereocenters. The maximum Gasteiger partial charge on any atom is 0.408 e. The number of alkyl carbamates (subject to hydrolysis) is 1. The van der Waals surface area contributed by atoms with Crippen LogP contribution in [0.3, 0.4) is 0 Å². The third-order valence-corrected chi connectivity index (χ3v) is 4.78. The number of benzene rings is 1. The molecule has 33 heavy (non-hydrogen) atoms. The highest BCUT2D eigenvalue weighted by molar-refractivity contribution is 7.80.